The Balaban J connectivity index is 1.92. The monoisotopic (exact) mass is 364 g/mol. The number of ether oxygens (including phenoxy) is 1. The molecule has 0 spiro atoms. The Bertz CT molecular complexity index is 1170. The molecule has 6 heteroatoms. The second kappa shape index (κ2) is 6.65. The third kappa shape index (κ3) is 2.74. The maximum atomic E-state index is 13.1. The summed E-state index contributed by atoms with van der Waals surface area (Å²) in [6.07, 6.45) is 0. The Morgan fingerprint density at radius 1 is 0.962 bits per heavy atom. The van der Waals surface area contributed by atoms with E-state index < -0.39 is 0 Å². The number of nitrogens with zero attached hydrogens (tertiary/aromatic N) is 2. The number of aromatic nitrogens is 2. The Morgan fingerprint density at radius 3 is 2.38 bits per heavy atom. The number of hydrogen-bond acceptors (Lipinski definition) is 4. The van der Waals surface area contributed by atoms with Crippen LogP contribution in [-0.4, -0.2) is 16.2 Å². The van der Waals surface area contributed by atoms with E-state index >= 15 is 0 Å². The third-order valence-corrected chi connectivity index (χ3v) is 5.16. The van der Waals surface area contributed by atoms with Gasteiger partial charge in [-0.05, 0) is 41.3 Å². The summed E-state index contributed by atoms with van der Waals surface area (Å²) in [5.74, 6) is 0.760. The van der Waals surface area contributed by atoms with Crippen LogP contribution in [0.25, 0.3) is 15.9 Å². The van der Waals surface area contributed by atoms with Crippen molar-refractivity contribution in [2.24, 2.45) is 0 Å². The van der Waals surface area contributed by atoms with Gasteiger partial charge in [0.05, 0.1) is 24.9 Å². The number of methoxy groups -OCH3 is 1. The highest BCUT2D eigenvalue weighted by Gasteiger charge is 2.15. The number of thiophene rings is 1. The van der Waals surface area contributed by atoms with Gasteiger partial charge >= 0.3 is 5.69 Å². The zero-order valence-corrected chi connectivity index (χ0v) is 14.9. The van der Waals surface area contributed by atoms with Gasteiger partial charge in [0.1, 0.15) is 10.4 Å². The van der Waals surface area contributed by atoms with E-state index in [2.05, 4.69) is 0 Å². The van der Waals surface area contributed by atoms with Crippen molar-refractivity contribution in [3.63, 3.8) is 0 Å². The number of benzene rings is 2. The quantitative estimate of drug-likeness (QED) is 0.558. The van der Waals surface area contributed by atoms with E-state index in [0.29, 0.717) is 22.4 Å². The smallest absolute Gasteiger partial charge is 0.336 e. The van der Waals surface area contributed by atoms with Gasteiger partial charge in [-0.15, -0.1) is 11.3 Å². The van der Waals surface area contributed by atoms with Gasteiger partial charge in [-0.2, -0.15) is 0 Å². The minimum Gasteiger partial charge on any atom is -0.497 e. The maximum Gasteiger partial charge on any atom is 0.336 e. The van der Waals surface area contributed by atoms with Crippen LogP contribution >= 0.6 is 11.3 Å². The molecule has 0 atom stereocenters. The molecule has 0 saturated carbocycles. The molecule has 0 bridgehead atoms. The predicted molar refractivity (Wildman–Crippen MR) is 104 cm³/mol. The number of rotatable bonds is 4. The fourth-order valence-electron chi connectivity index (χ4n) is 2.96. The van der Waals surface area contributed by atoms with E-state index in [4.69, 9.17) is 4.74 Å². The fraction of sp³-hybridized carbons (Fsp3) is 0.100. The molecule has 26 heavy (non-hydrogen) atoms. The number of fused-ring (bicyclic) bond motifs is 1. The molecule has 0 amide bonds. The van der Waals surface area contributed by atoms with Crippen molar-refractivity contribution < 1.29 is 4.74 Å². The van der Waals surface area contributed by atoms with Crippen molar-refractivity contribution in [2.75, 3.05) is 7.11 Å². The van der Waals surface area contributed by atoms with Crippen LogP contribution in [0.15, 0.2) is 75.6 Å². The lowest BCUT2D eigenvalue weighted by Gasteiger charge is -2.12. The molecular formula is C20H16N2O3S. The van der Waals surface area contributed by atoms with Crippen molar-refractivity contribution in [1.29, 1.82) is 0 Å². The first-order chi connectivity index (χ1) is 12.7. The first-order valence-electron chi connectivity index (χ1n) is 8.10. The standard InChI is InChI=1S/C20H16N2O3S/c1-25-16-9-7-14(8-10-16)13-21-17-11-12-26-18(17)19(23)22(20(21)24)15-5-3-2-4-6-15/h2-12H,13H2,1H3. The molecule has 0 aliphatic heterocycles. The van der Waals surface area contributed by atoms with Gasteiger partial charge in [-0.1, -0.05) is 30.3 Å². The largest absolute Gasteiger partial charge is 0.497 e. The Labute approximate surface area is 153 Å². The minimum atomic E-state index is -0.345. The summed E-state index contributed by atoms with van der Waals surface area (Å²) >= 11 is 1.35. The predicted octanol–water partition coefficient (Wildman–Crippen LogP) is 3.27. The summed E-state index contributed by atoms with van der Waals surface area (Å²) in [7, 11) is 1.62. The van der Waals surface area contributed by atoms with Crippen LogP contribution in [0.1, 0.15) is 5.56 Å². The average molecular weight is 364 g/mol. The van der Waals surface area contributed by atoms with Gasteiger partial charge < -0.3 is 4.74 Å². The van der Waals surface area contributed by atoms with Crippen LogP contribution in [0.3, 0.4) is 0 Å². The molecule has 0 aliphatic carbocycles. The summed E-state index contributed by atoms with van der Waals surface area (Å²) in [6, 6.07) is 18.4. The Morgan fingerprint density at radius 2 is 1.69 bits per heavy atom. The van der Waals surface area contributed by atoms with E-state index in [1.54, 1.807) is 23.8 Å². The first-order valence-corrected chi connectivity index (χ1v) is 8.98. The lowest BCUT2D eigenvalue weighted by atomic mass is 10.2. The highest BCUT2D eigenvalue weighted by Crippen LogP contribution is 2.18. The molecule has 2 heterocycles. The summed E-state index contributed by atoms with van der Waals surface area (Å²) in [4.78, 5) is 26.0. The van der Waals surface area contributed by atoms with Gasteiger partial charge in [-0.25, -0.2) is 9.36 Å². The zero-order valence-electron chi connectivity index (χ0n) is 14.1. The van der Waals surface area contributed by atoms with E-state index in [-0.39, 0.29) is 11.2 Å². The Hall–Kier alpha value is -3.12. The molecule has 0 aliphatic rings. The molecule has 4 rings (SSSR count). The number of hydrogen-bond donors (Lipinski definition) is 0. The third-order valence-electron chi connectivity index (χ3n) is 4.27. The van der Waals surface area contributed by atoms with Crippen molar-refractivity contribution in [3.8, 4) is 11.4 Å². The van der Waals surface area contributed by atoms with E-state index in [1.165, 1.54) is 15.9 Å². The van der Waals surface area contributed by atoms with Crippen LogP contribution in [-0.2, 0) is 6.54 Å². The van der Waals surface area contributed by atoms with E-state index in [9.17, 15) is 9.59 Å². The zero-order chi connectivity index (χ0) is 18.1. The van der Waals surface area contributed by atoms with Crippen LogP contribution in [0.5, 0.6) is 5.75 Å². The molecule has 0 N–H and O–H groups in total. The summed E-state index contributed by atoms with van der Waals surface area (Å²) in [5.41, 5.74) is 1.56. The first kappa shape index (κ1) is 16.4. The van der Waals surface area contributed by atoms with Gasteiger partial charge in [0.2, 0.25) is 0 Å². The fourth-order valence-corrected chi connectivity index (χ4v) is 3.78. The van der Waals surface area contributed by atoms with Crippen LogP contribution in [0.2, 0.25) is 0 Å². The molecule has 0 saturated heterocycles. The molecule has 2 aromatic heterocycles. The van der Waals surface area contributed by atoms with Gasteiger partial charge in [0.25, 0.3) is 5.56 Å². The van der Waals surface area contributed by atoms with Crippen LogP contribution in [0, 0.1) is 0 Å². The van der Waals surface area contributed by atoms with Gasteiger partial charge in [-0.3, -0.25) is 9.36 Å². The molecule has 0 unspecified atom stereocenters. The molecule has 0 radical (unpaired) electrons. The Kier molecular flexibility index (Phi) is 4.18. The summed E-state index contributed by atoms with van der Waals surface area (Å²) in [5, 5.41) is 1.84. The highest BCUT2D eigenvalue weighted by molar-refractivity contribution is 7.17. The molecular weight excluding hydrogens is 348 g/mol. The molecule has 2 aromatic carbocycles. The minimum absolute atomic E-state index is 0.280. The van der Waals surface area contributed by atoms with Crippen molar-refractivity contribution in [3.05, 3.63) is 92.4 Å². The van der Waals surface area contributed by atoms with Crippen LogP contribution < -0.4 is 16.0 Å². The second-order valence-electron chi connectivity index (χ2n) is 5.83. The van der Waals surface area contributed by atoms with Crippen molar-refractivity contribution in [2.45, 2.75) is 6.54 Å². The van der Waals surface area contributed by atoms with E-state index in [0.717, 1.165) is 11.3 Å². The van der Waals surface area contributed by atoms with Gasteiger partial charge in [0, 0.05) is 0 Å². The van der Waals surface area contributed by atoms with Crippen molar-refractivity contribution >= 4 is 21.6 Å². The topological polar surface area (TPSA) is 53.2 Å². The summed E-state index contributed by atoms with van der Waals surface area (Å²) < 4.78 is 8.63. The van der Waals surface area contributed by atoms with Crippen LogP contribution in [0.4, 0.5) is 0 Å². The normalized spacial score (nSPS) is 11.0. The number of para-hydroxylation sites is 1. The maximum absolute atomic E-state index is 13.1. The SMILES string of the molecule is COc1ccc(Cn2c(=O)n(-c3ccccc3)c(=O)c3sccc32)cc1. The van der Waals surface area contributed by atoms with E-state index in [1.807, 2.05) is 53.9 Å². The average Bonchev–Trinajstić information content (AvgIpc) is 3.17. The molecule has 5 nitrogen and oxygen atoms in total. The highest BCUT2D eigenvalue weighted by atomic mass is 32.1. The lowest BCUT2D eigenvalue weighted by molar-refractivity contribution is 0.414. The molecule has 0 fully saturated rings. The second-order valence-corrected chi connectivity index (χ2v) is 6.74. The van der Waals surface area contributed by atoms with Gasteiger partial charge in [0.15, 0.2) is 0 Å². The van der Waals surface area contributed by atoms with Crippen molar-refractivity contribution in [1.82, 2.24) is 9.13 Å². The molecule has 4 aromatic rings. The molecule has 130 valence electrons. The summed E-state index contributed by atoms with van der Waals surface area (Å²) in [6.45, 7) is 0.378. The lowest BCUT2D eigenvalue weighted by Crippen LogP contribution is -2.38.